The fraction of sp³-hybridized carbons (Fsp3) is 0.800. The third-order valence-electron chi connectivity index (χ3n) is 3.70. The second-order valence-electron chi connectivity index (χ2n) is 4.52. The molecule has 1 heteroatoms. The molecule has 2 saturated carbocycles. The SMILES string of the molecule is C=C(C)[C@@H]1C[C@H](O)[C@@]2(C)C[C@@H]12. The summed E-state index contributed by atoms with van der Waals surface area (Å²) in [5.41, 5.74) is 1.53. The molecule has 2 fully saturated rings. The van der Waals surface area contributed by atoms with Crippen LogP contribution in [0, 0.1) is 17.3 Å². The van der Waals surface area contributed by atoms with E-state index in [0.717, 1.165) is 12.3 Å². The molecule has 0 aromatic heterocycles. The van der Waals surface area contributed by atoms with Crippen LogP contribution in [0.4, 0.5) is 0 Å². The zero-order chi connectivity index (χ0) is 8.22. The molecule has 2 rings (SSSR count). The molecule has 1 N–H and O–H groups in total. The molecule has 0 saturated heterocycles. The van der Waals surface area contributed by atoms with Crippen LogP contribution in [0.25, 0.3) is 0 Å². The van der Waals surface area contributed by atoms with Crippen LogP contribution in [-0.2, 0) is 0 Å². The van der Waals surface area contributed by atoms with Crippen molar-refractivity contribution in [2.24, 2.45) is 17.3 Å². The second-order valence-corrected chi connectivity index (χ2v) is 4.52. The van der Waals surface area contributed by atoms with Crippen LogP contribution in [-0.4, -0.2) is 11.2 Å². The first kappa shape index (κ1) is 7.35. The van der Waals surface area contributed by atoms with Crippen molar-refractivity contribution in [3.63, 3.8) is 0 Å². The van der Waals surface area contributed by atoms with Crippen molar-refractivity contribution in [2.45, 2.75) is 32.8 Å². The molecule has 0 aromatic rings. The first-order valence-electron chi connectivity index (χ1n) is 4.39. The van der Waals surface area contributed by atoms with Gasteiger partial charge >= 0.3 is 0 Å². The van der Waals surface area contributed by atoms with Gasteiger partial charge in [0.15, 0.2) is 0 Å². The lowest BCUT2D eigenvalue weighted by Crippen LogP contribution is -2.14. The highest BCUT2D eigenvalue weighted by Gasteiger charge is 2.63. The first-order chi connectivity index (χ1) is 5.05. The molecule has 62 valence electrons. The van der Waals surface area contributed by atoms with E-state index in [4.69, 9.17) is 0 Å². The summed E-state index contributed by atoms with van der Waals surface area (Å²) < 4.78 is 0. The highest BCUT2D eigenvalue weighted by molar-refractivity contribution is 5.19. The fourth-order valence-corrected chi connectivity index (χ4v) is 2.62. The zero-order valence-corrected chi connectivity index (χ0v) is 7.30. The van der Waals surface area contributed by atoms with Crippen LogP contribution < -0.4 is 0 Å². The number of rotatable bonds is 1. The van der Waals surface area contributed by atoms with Gasteiger partial charge in [-0.25, -0.2) is 0 Å². The van der Waals surface area contributed by atoms with Crippen LogP contribution in [0.1, 0.15) is 26.7 Å². The van der Waals surface area contributed by atoms with Gasteiger partial charge in [-0.3, -0.25) is 0 Å². The lowest BCUT2D eigenvalue weighted by atomic mass is 9.96. The Bertz CT molecular complexity index is 209. The third kappa shape index (κ3) is 0.807. The minimum Gasteiger partial charge on any atom is -0.393 e. The molecule has 2 aliphatic rings. The predicted molar refractivity (Wildman–Crippen MR) is 45.1 cm³/mol. The van der Waals surface area contributed by atoms with Gasteiger partial charge in [-0.15, -0.1) is 0 Å². The summed E-state index contributed by atoms with van der Waals surface area (Å²) in [7, 11) is 0. The summed E-state index contributed by atoms with van der Waals surface area (Å²) in [6, 6.07) is 0. The Hall–Kier alpha value is -0.300. The van der Waals surface area contributed by atoms with Gasteiger partial charge in [-0.05, 0) is 37.0 Å². The van der Waals surface area contributed by atoms with Crippen molar-refractivity contribution in [2.75, 3.05) is 0 Å². The van der Waals surface area contributed by atoms with E-state index in [9.17, 15) is 5.11 Å². The molecule has 2 aliphatic carbocycles. The Labute approximate surface area is 68.1 Å². The van der Waals surface area contributed by atoms with Crippen LogP contribution in [0.5, 0.6) is 0 Å². The summed E-state index contributed by atoms with van der Waals surface area (Å²) in [4.78, 5) is 0. The topological polar surface area (TPSA) is 20.2 Å². The highest BCUT2D eigenvalue weighted by Crippen LogP contribution is 2.66. The molecule has 4 atom stereocenters. The minimum absolute atomic E-state index is 0.0609. The molecule has 0 aliphatic heterocycles. The van der Waals surface area contributed by atoms with E-state index in [1.165, 1.54) is 12.0 Å². The summed E-state index contributed by atoms with van der Waals surface area (Å²) in [5.74, 6) is 1.35. The van der Waals surface area contributed by atoms with Crippen molar-refractivity contribution < 1.29 is 5.11 Å². The normalized spacial score (nSPS) is 53.9. The van der Waals surface area contributed by atoms with Gasteiger partial charge in [-0.1, -0.05) is 19.1 Å². The van der Waals surface area contributed by atoms with E-state index in [2.05, 4.69) is 20.4 Å². The average molecular weight is 152 g/mol. The minimum atomic E-state index is -0.0609. The average Bonchev–Trinajstić information content (AvgIpc) is 2.51. The zero-order valence-electron chi connectivity index (χ0n) is 7.30. The molecule has 11 heavy (non-hydrogen) atoms. The number of aliphatic hydroxyl groups is 1. The van der Waals surface area contributed by atoms with Gasteiger partial charge in [0, 0.05) is 0 Å². The number of fused-ring (bicyclic) bond motifs is 1. The molecule has 0 amide bonds. The Morgan fingerprint density at radius 3 is 2.45 bits per heavy atom. The molecular weight excluding hydrogens is 136 g/mol. The van der Waals surface area contributed by atoms with Crippen molar-refractivity contribution >= 4 is 0 Å². The van der Waals surface area contributed by atoms with E-state index < -0.39 is 0 Å². The fourth-order valence-electron chi connectivity index (χ4n) is 2.62. The van der Waals surface area contributed by atoms with Crippen molar-refractivity contribution in [3.8, 4) is 0 Å². The maximum absolute atomic E-state index is 9.68. The molecular formula is C10H16O. The number of hydrogen-bond acceptors (Lipinski definition) is 1. The molecule has 0 bridgehead atoms. The largest absolute Gasteiger partial charge is 0.393 e. The number of allylic oxidation sites excluding steroid dienone is 1. The van der Waals surface area contributed by atoms with Gasteiger partial charge in [0.2, 0.25) is 0 Å². The van der Waals surface area contributed by atoms with Crippen molar-refractivity contribution in [1.82, 2.24) is 0 Å². The Morgan fingerprint density at radius 1 is 1.64 bits per heavy atom. The van der Waals surface area contributed by atoms with Gasteiger partial charge in [-0.2, -0.15) is 0 Å². The van der Waals surface area contributed by atoms with E-state index >= 15 is 0 Å². The van der Waals surface area contributed by atoms with Crippen LogP contribution in [0.15, 0.2) is 12.2 Å². The summed E-state index contributed by atoms with van der Waals surface area (Å²) in [6.07, 6.45) is 2.11. The predicted octanol–water partition coefficient (Wildman–Crippen LogP) is 1.97. The molecule has 0 unspecified atom stereocenters. The standard InChI is InChI=1S/C10H16O/c1-6(2)7-4-9(11)10(3)5-8(7)10/h7-9,11H,1,4-5H2,2-3H3/t7-,8-,9-,10-/m0/s1. The number of hydrogen-bond donors (Lipinski definition) is 1. The quantitative estimate of drug-likeness (QED) is 0.569. The van der Waals surface area contributed by atoms with E-state index in [0.29, 0.717) is 5.92 Å². The highest BCUT2D eigenvalue weighted by atomic mass is 16.3. The summed E-state index contributed by atoms with van der Waals surface area (Å²) in [5, 5.41) is 9.68. The van der Waals surface area contributed by atoms with Crippen molar-refractivity contribution in [3.05, 3.63) is 12.2 Å². The van der Waals surface area contributed by atoms with Gasteiger partial charge in [0.05, 0.1) is 6.10 Å². The van der Waals surface area contributed by atoms with Gasteiger partial charge in [0.25, 0.3) is 0 Å². The smallest absolute Gasteiger partial charge is 0.0602 e. The maximum Gasteiger partial charge on any atom is 0.0602 e. The lowest BCUT2D eigenvalue weighted by Gasteiger charge is -2.13. The molecule has 1 nitrogen and oxygen atoms in total. The van der Waals surface area contributed by atoms with E-state index in [1.807, 2.05) is 0 Å². The third-order valence-corrected chi connectivity index (χ3v) is 3.70. The van der Waals surface area contributed by atoms with Crippen LogP contribution >= 0.6 is 0 Å². The molecule has 0 radical (unpaired) electrons. The summed E-state index contributed by atoms with van der Waals surface area (Å²) >= 11 is 0. The second kappa shape index (κ2) is 1.89. The first-order valence-corrected chi connectivity index (χ1v) is 4.39. The van der Waals surface area contributed by atoms with Crippen LogP contribution in [0.3, 0.4) is 0 Å². The number of aliphatic hydroxyl groups excluding tert-OH is 1. The molecule has 0 aromatic carbocycles. The van der Waals surface area contributed by atoms with Gasteiger partial charge < -0.3 is 5.11 Å². The monoisotopic (exact) mass is 152 g/mol. The van der Waals surface area contributed by atoms with Gasteiger partial charge in [0.1, 0.15) is 0 Å². The Morgan fingerprint density at radius 2 is 2.27 bits per heavy atom. The Balaban J connectivity index is 2.16. The molecule has 0 spiro atoms. The van der Waals surface area contributed by atoms with E-state index in [-0.39, 0.29) is 11.5 Å². The lowest BCUT2D eigenvalue weighted by molar-refractivity contribution is 0.111. The molecule has 0 heterocycles. The maximum atomic E-state index is 9.68. The van der Waals surface area contributed by atoms with E-state index in [1.54, 1.807) is 0 Å². The van der Waals surface area contributed by atoms with Crippen LogP contribution in [0.2, 0.25) is 0 Å². The Kier molecular flexibility index (Phi) is 1.26. The van der Waals surface area contributed by atoms with Crippen molar-refractivity contribution in [1.29, 1.82) is 0 Å². The summed E-state index contributed by atoms with van der Waals surface area (Å²) in [6.45, 7) is 8.25.